The highest BCUT2D eigenvalue weighted by Gasteiger charge is 2.47. The molecule has 1 heterocycles. The number of thiophene rings is 1. The van der Waals surface area contributed by atoms with Crippen LogP contribution in [-0.4, -0.2) is 15.5 Å². The summed E-state index contributed by atoms with van der Waals surface area (Å²) in [4.78, 5) is 1.08. The molecule has 0 atom stereocenters. The number of rotatable bonds is 6. The Hall–Kier alpha value is -1.37. The minimum absolute atomic E-state index is 0.393. The van der Waals surface area contributed by atoms with Gasteiger partial charge < -0.3 is 4.74 Å². The summed E-state index contributed by atoms with van der Waals surface area (Å²) >= 11 is 1.34. The Morgan fingerprint density at radius 1 is 1.18 bits per heavy atom. The van der Waals surface area contributed by atoms with Gasteiger partial charge in [0.2, 0.25) is 0 Å². The minimum atomic E-state index is -3.47. The van der Waals surface area contributed by atoms with Gasteiger partial charge in [0.1, 0.15) is 9.96 Å². The molecule has 22 heavy (non-hydrogen) atoms. The van der Waals surface area contributed by atoms with E-state index in [9.17, 15) is 8.42 Å². The first-order chi connectivity index (χ1) is 10.5. The van der Waals surface area contributed by atoms with Crippen molar-refractivity contribution >= 4 is 21.4 Å². The van der Waals surface area contributed by atoms with Gasteiger partial charge in [0.15, 0.2) is 0 Å². The number of ether oxygens (including phenoxy) is 1. The van der Waals surface area contributed by atoms with Gasteiger partial charge in [0, 0.05) is 4.88 Å². The zero-order valence-electron chi connectivity index (χ0n) is 12.6. The smallest absolute Gasteiger partial charge is 0.250 e. The summed E-state index contributed by atoms with van der Waals surface area (Å²) in [6.07, 6.45) is 2.50. The van der Waals surface area contributed by atoms with Crippen LogP contribution in [0.3, 0.4) is 0 Å². The molecule has 6 heteroatoms. The fourth-order valence-electron chi connectivity index (χ4n) is 2.48. The van der Waals surface area contributed by atoms with Crippen LogP contribution in [0.15, 0.2) is 40.6 Å². The molecule has 0 unspecified atom stereocenters. The molecule has 1 aliphatic rings. The highest BCUT2D eigenvalue weighted by molar-refractivity contribution is 7.91. The molecule has 1 aromatic heterocycles. The Labute approximate surface area is 135 Å². The Bertz CT molecular complexity index is 759. The van der Waals surface area contributed by atoms with E-state index in [0.717, 1.165) is 35.5 Å². The summed E-state index contributed by atoms with van der Waals surface area (Å²) < 4.78 is 33.6. The minimum Gasteiger partial charge on any atom is -0.497 e. The van der Waals surface area contributed by atoms with Gasteiger partial charge in [-0.3, -0.25) is 0 Å². The van der Waals surface area contributed by atoms with Crippen LogP contribution in [0.1, 0.15) is 30.2 Å². The lowest BCUT2D eigenvalue weighted by atomic mass is 10.1. The van der Waals surface area contributed by atoms with Gasteiger partial charge in [0.05, 0.1) is 12.6 Å². The lowest BCUT2D eigenvalue weighted by molar-refractivity contribution is 0.414. The summed E-state index contributed by atoms with van der Waals surface area (Å²) in [5.74, 6) is 0.772. The number of nitrogens with one attached hydrogen (secondary N) is 1. The van der Waals surface area contributed by atoms with Gasteiger partial charge in [0.25, 0.3) is 10.0 Å². The second-order valence-corrected chi connectivity index (χ2v) is 8.57. The molecule has 0 bridgehead atoms. The Morgan fingerprint density at radius 2 is 1.86 bits per heavy atom. The van der Waals surface area contributed by atoms with Gasteiger partial charge in [-0.05, 0) is 49.1 Å². The van der Waals surface area contributed by atoms with Crippen LogP contribution in [0.4, 0.5) is 0 Å². The molecular weight excluding hydrogens is 318 g/mol. The third kappa shape index (κ3) is 2.91. The summed E-state index contributed by atoms with van der Waals surface area (Å²) in [7, 11) is -1.85. The number of hydrogen-bond donors (Lipinski definition) is 1. The van der Waals surface area contributed by atoms with E-state index >= 15 is 0 Å². The van der Waals surface area contributed by atoms with Crippen molar-refractivity contribution in [3.8, 4) is 5.75 Å². The van der Waals surface area contributed by atoms with Gasteiger partial charge in [-0.2, -0.15) is 4.72 Å². The second kappa shape index (κ2) is 5.68. The van der Waals surface area contributed by atoms with E-state index in [1.165, 1.54) is 11.3 Å². The van der Waals surface area contributed by atoms with Crippen molar-refractivity contribution in [3.63, 3.8) is 0 Å². The SMILES string of the molecule is CCc1ccc(S(=O)(=O)NC2(c3ccc(OC)cc3)CC2)s1. The van der Waals surface area contributed by atoms with Crippen molar-refractivity contribution in [3.05, 3.63) is 46.8 Å². The van der Waals surface area contributed by atoms with Gasteiger partial charge >= 0.3 is 0 Å². The van der Waals surface area contributed by atoms with Crippen LogP contribution in [0.25, 0.3) is 0 Å². The van der Waals surface area contributed by atoms with Crippen molar-refractivity contribution in [1.29, 1.82) is 0 Å². The Kier molecular flexibility index (Phi) is 4.01. The normalized spacial score (nSPS) is 16.5. The summed E-state index contributed by atoms with van der Waals surface area (Å²) in [6, 6.07) is 11.2. The predicted molar refractivity (Wildman–Crippen MR) is 87.9 cm³/mol. The van der Waals surface area contributed by atoms with Crippen molar-refractivity contribution in [2.75, 3.05) is 7.11 Å². The topological polar surface area (TPSA) is 55.4 Å². The molecule has 1 aliphatic carbocycles. The third-order valence-electron chi connectivity index (χ3n) is 3.97. The van der Waals surface area contributed by atoms with Crippen LogP contribution >= 0.6 is 11.3 Å². The molecule has 0 amide bonds. The molecule has 2 aromatic rings. The first-order valence-electron chi connectivity index (χ1n) is 7.26. The third-order valence-corrected chi connectivity index (χ3v) is 7.23. The van der Waals surface area contributed by atoms with Gasteiger partial charge in [-0.1, -0.05) is 19.1 Å². The van der Waals surface area contributed by atoms with E-state index in [-0.39, 0.29) is 0 Å². The van der Waals surface area contributed by atoms with Crippen LogP contribution < -0.4 is 9.46 Å². The maximum Gasteiger partial charge on any atom is 0.250 e. The van der Waals surface area contributed by atoms with Crippen molar-refractivity contribution in [1.82, 2.24) is 4.72 Å². The lowest BCUT2D eigenvalue weighted by Crippen LogP contribution is -2.34. The molecule has 3 rings (SSSR count). The molecule has 1 saturated carbocycles. The Morgan fingerprint density at radius 3 is 2.36 bits per heavy atom. The Balaban J connectivity index is 1.84. The molecule has 1 aromatic carbocycles. The van der Waals surface area contributed by atoms with Gasteiger partial charge in [-0.15, -0.1) is 11.3 Å². The molecule has 0 radical (unpaired) electrons. The highest BCUT2D eigenvalue weighted by atomic mass is 32.2. The molecule has 1 fully saturated rings. The van der Waals surface area contributed by atoms with Crippen LogP contribution in [0.5, 0.6) is 5.75 Å². The first kappa shape index (κ1) is 15.5. The molecule has 0 saturated heterocycles. The van der Waals surface area contributed by atoms with Crippen LogP contribution in [0.2, 0.25) is 0 Å². The molecule has 1 N–H and O–H groups in total. The van der Waals surface area contributed by atoms with Crippen molar-refractivity contribution < 1.29 is 13.2 Å². The zero-order chi connectivity index (χ0) is 15.8. The second-order valence-electron chi connectivity index (χ2n) is 5.49. The van der Waals surface area contributed by atoms with E-state index in [0.29, 0.717) is 4.21 Å². The number of sulfonamides is 1. The van der Waals surface area contributed by atoms with E-state index in [1.54, 1.807) is 13.2 Å². The maximum absolute atomic E-state index is 12.6. The quantitative estimate of drug-likeness (QED) is 0.880. The summed E-state index contributed by atoms with van der Waals surface area (Å²) in [5.41, 5.74) is 0.533. The fraction of sp³-hybridized carbons (Fsp3) is 0.375. The van der Waals surface area contributed by atoms with Crippen molar-refractivity contribution in [2.24, 2.45) is 0 Å². The maximum atomic E-state index is 12.6. The van der Waals surface area contributed by atoms with Gasteiger partial charge in [-0.25, -0.2) is 8.42 Å². The fourth-order valence-corrected chi connectivity index (χ4v) is 5.23. The van der Waals surface area contributed by atoms with Crippen LogP contribution in [0, 0.1) is 0 Å². The molecule has 0 aliphatic heterocycles. The average molecular weight is 337 g/mol. The van der Waals surface area contributed by atoms with E-state index in [4.69, 9.17) is 4.74 Å². The van der Waals surface area contributed by atoms with Crippen LogP contribution in [-0.2, 0) is 22.0 Å². The predicted octanol–water partition coefficient (Wildman–Crippen LogP) is 3.29. The van der Waals surface area contributed by atoms with E-state index in [1.807, 2.05) is 37.3 Å². The number of aryl methyl sites for hydroxylation is 1. The monoisotopic (exact) mass is 337 g/mol. The molecule has 118 valence electrons. The number of hydrogen-bond acceptors (Lipinski definition) is 4. The molecule has 4 nitrogen and oxygen atoms in total. The van der Waals surface area contributed by atoms with E-state index in [2.05, 4.69) is 4.72 Å². The standard InChI is InChI=1S/C16H19NO3S2/c1-3-14-8-9-15(21-14)22(18,19)17-16(10-11-16)12-4-6-13(20-2)7-5-12/h4-9,17H,3,10-11H2,1-2H3. The highest BCUT2D eigenvalue weighted by Crippen LogP contribution is 2.47. The average Bonchev–Trinajstić information content (AvgIpc) is 3.12. The lowest BCUT2D eigenvalue weighted by Gasteiger charge is -2.17. The summed E-state index contributed by atoms with van der Waals surface area (Å²) in [6.45, 7) is 2.02. The first-order valence-corrected chi connectivity index (χ1v) is 9.56. The summed E-state index contributed by atoms with van der Waals surface area (Å²) in [5, 5.41) is 0. The van der Waals surface area contributed by atoms with Crippen molar-refractivity contribution in [2.45, 2.75) is 35.9 Å². The number of methoxy groups -OCH3 is 1. The van der Waals surface area contributed by atoms with E-state index < -0.39 is 15.6 Å². The number of benzene rings is 1. The molecular formula is C16H19NO3S2. The zero-order valence-corrected chi connectivity index (χ0v) is 14.3. The molecule has 0 spiro atoms. The largest absolute Gasteiger partial charge is 0.497 e.